The highest BCUT2D eigenvalue weighted by atomic mass is 35.5. The normalized spacial score (nSPS) is 18.8. The van der Waals surface area contributed by atoms with Crippen molar-refractivity contribution in [2.45, 2.75) is 45.3 Å². The molecule has 0 spiro atoms. The third-order valence-corrected chi connectivity index (χ3v) is 4.74. The molecular weight excluding hydrogens is 300 g/mol. The van der Waals surface area contributed by atoms with Gasteiger partial charge in [0.25, 0.3) is 0 Å². The lowest BCUT2D eigenvalue weighted by Crippen LogP contribution is -2.46. The zero-order valence-electron chi connectivity index (χ0n) is 13.3. The molecule has 0 saturated carbocycles. The molecule has 1 aromatic carbocycles. The molecule has 122 valence electrons. The topological polar surface area (TPSA) is 52.6 Å². The van der Waals surface area contributed by atoms with Gasteiger partial charge in [-0.05, 0) is 49.8 Å². The Bertz CT molecular complexity index is 482. The molecule has 1 aliphatic heterocycles. The van der Waals surface area contributed by atoms with Crippen molar-refractivity contribution in [2.24, 2.45) is 5.92 Å². The third-order valence-electron chi connectivity index (χ3n) is 4.49. The van der Waals surface area contributed by atoms with Crippen LogP contribution in [-0.2, 0) is 0 Å². The van der Waals surface area contributed by atoms with Gasteiger partial charge in [0, 0.05) is 18.1 Å². The first-order valence-corrected chi connectivity index (χ1v) is 8.38. The van der Waals surface area contributed by atoms with Gasteiger partial charge in [0.2, 0.25) is 0 Å². The van der Waals surface area contributed by atoms with Gasteiger partial charge in [-0.3, -0.25) is 0 Å². The molecule has 2 rings (SSSR count). The van der Waals surface area contributed by atoms with Crippen molar-refractivity contribution in [1.82, 2.24) is 10.2 Å². The molecule has 2 unspecified atom stereocenters. The van der Waals surface area contributed by atoms with Gasteiger partial charge in [0.15, 0.2) is 0 Å². The Hall–Kier alpha value is -1.26. The van der Waals surface area contributed by atoms with Gasteiger partial charge in [-0.2, -0.15) is 0 Å². The lowest BCUT2D eigenvalue weighted by atomic mass is 9.92. The van der Waals surface area contributed by atoms with E-state index in [0.717, 1.165) is 24.8 Å². The lowest BCUT2D eigenvalue weighted by molar-refractivity contribution is 0.0793. The first-order valence-electron chi connectivity index (χ1n) is 8.00. The average Bonchev–Trinajstić information content (AvgIpc) is 2.53. The number of rotatable bonds is 4. The number of carbonyl (C=O) groups excluding carboxylic acids is 1. The Kier molecular flexibility index (Phi) is 6.09. The Labute approximate surface area is 137 Å². The first kappa shape index (κ1) is 17.1. The summed E-state index contributed by atoms with van der Waals surface area (Å²) >= 11 is 5.91. The molecule has 5 heteroatoms. The maximum absolute atomic E-state index is 12.4. The summed E-state index contributed by atoms with van der Waals surface area (Å²) in [4.78, 5) is 14.3. The van der Waals surface area contributed by atoms with Crippen molar-refractivity contribution in [3.63, 3.8) is 0 Å². The number of aliphatic hydroxyl groups is 1. The maximum atomic E-state index is 12.4. The van der Waals surface area contributed by atoms with E-state index < -0.39 is 0 Å². The van der Waals surface area contributed by atoms with Crippen LogP contribution in [0.5, 0.6) is 0 Å². The van der Waals surface area contributed by atoms with Crippen molar-refractivity contribution in [1.29, 1.82) is 0 Å². The summed E-state index contributed by atoms with van der Waals surface area (Å²) in [5.74, 6) is 0.308. The third kappa shape index (κ3) is 4.37. The minimum absolute atomic E-state index is 0.000689. The summed E-state index contributed by atoms with van der Waals surface area (Å²) < 4.78 is 0. The summed E-state index contributed by atoms with van der Waals surface area (Å²) in [7, 11) is 0. The molecule has 4 nitrogen and oxygen atoms in total. The zero-order valence-corrected chi connectivity index (χ0v) is 14.0. The molecule has 0 aliphatic carbocycles. The lowest BCUT2D eigenvalue weighted by Gasteiger charge is -2.34. The molecule has 0 aromatic heterocycles. The number of hydrogen-bond donors (Lipinski definition) is 2. The van der Waals surface area contributed by atoms with Crippen LogP contribution in [0.1, 0.15) is 44.7 Å². The van der Waals surface area contributed by atoms with Gasteiger partial charge < -0.3 is 15.3 Å². The van der Waals surface area contributed by atoms with Gasteiger partial charge in [-0.1, -0.05) is 30.7 Å². The Morgan fingerprint density at radius 2 is 1.95 bits per heavy atom. The number of carbonyl (C=O) groups is 1. The number of likely N-dealkylation sites (tertiary alicyclic amines) is 1. The minimum atomic E-state index is -0.289. The molecule has 1 aliphatic rings. The Morgan fingerprint density at radius 1 is 1.36 bits per heavy atom. The number of benzene rings is 1. The SMILES string of the molecule is CCC(NC(=O)N1CCC(C(C)O)CC1)c1ccc(Cl)cc1. The van der Waals surface area contributed by atoms with E-state index in [9.17, 15) is 9.90 Å². The molecule has 1 aromatic rings. The van der Waals surface area contributed by atoms with Crippen molar-refractivity contribution >= 4 is 17.6 Å². The van der Waals surface area contributed by atoms with Gasteiger partial charge in [-0.15, -0.1) is 0 Å². The second-order valence-electron chi connectivity index (χ2n) is 6.03. The van der Waals surface area contributed by atoms with Crippen LogP contribution in [0.15, 0.2) is 24.3 Å². The van der Waals surface area contributed by atoms with Crippen LogP contribution in [0.2, 0.25) is 5.02 Å². The highest BCUT2D eigenvalue weighted by Gasteiger charge is 2.26. The predicted molar refractivity (Wildman–Crippen MR) is 89.0 cm³/mol. The second kappa shape index (κ2) is 7.84. The highest BCUT2D eigenvalue weighted by Crippen LogP contribution is 2.22. The highest BCUT2D eigenvalue weighted by molar-refractivity contribution is 6.30. The largest absolute Gasteiger partial charge is 0.393 e. The molecule has 1 saturated heterocycles. The average molecular weight is 325 g/mol. The van der Waals surface area contributed by atoms with Crippen LogP contribution < -0.4 is 5.32 Å². The number of piperidine rings is 1. The molecule has 2 N–H and O–H groups in total. The first-order chi connectivity index (χ1) is 10.5. The summed E-state index contributed by atoms with van der Waals surface area (Å²) in [6.45, 7) is 5.30. The Balaban J connectivity index is 1.91. The van der Waals surface area contributed by atoms with Gasteiger partial charge in [-0.25, -0.2) is 4.79 Å². The van der Waals surface area contributed by atoms with Crippen molar-refractivity contribution in [3.05, 3.63) is 34.9 Å². The zero-order chi connectivity index (χ0) is 16.1. The van der Waals surface area contributed by atoms with Crippen molar-refractivity contribution < 1.29 is 9.90 Å². The fourth-order valence-corrected chi connectivity index (χ4v) is 3.07. The van der Waals surface area contributed by atoms with E-state index in [0.29, 0.717) is 24.0 Å². The fourth-order valence-electron chi connectivity index (χ4n) is 2.94. The van der Waals surface area contributed by atoms with Gasteiger partial charge in [0.1, 0.15) is 0 Å². The van der Waals surface area contributed by atoms with Crippen molar-refractivity contribution in [2.75, 3.05) is 13.1 Å². The van der Waals surface area contributed by atoms with Crippen LogP contribution in [0.25, 0.3) is 0 Å². The molecule has 2 atom stereocenters. The molecule has 2 amide bonds. The van der Waals surface area contributed by atoms with Crippen LogP contribution in [0.3, 0.4) is 0 Å². The summed E-state index contributed by atoms with van der Waals surface area (Å²) in [6.07, 6.45) is 2.27. The van der Waals surface area contributed by atoms with E-state index in [1.807, 2.05) is 36.1 Å². The van der Waals surface area contributed by atoms with Crippen LogP contribution in [0.4, 0.5) is 4.79 Å². The number of urea groups is 1. The number of aliphatic hydroxyl groups excluding tert-OH is 1. The van der Waals surface area contributed by atoms with E-state index in [2.05, 4.69) is 12.2 Å². The van der Waals surface area contributed by atoms with Crippen LogP contribution >= 0.6 is 11.6 Å². The minimum Gasteiger partial charge on any atom is -0.393 e. The molecule has 1 heterocycles. The predicted octanol–water partition coefficient (Wildman–Crippen LogP) is 3.59. The quantitative estimate of drug-likeness (QED) is 0.889. The summed E-state index contributed by atoms with van der Waals surface area (Å²) in [5.41, 5.74) is 1.07. The van der Waals surface area contributed by atoms with E-state index >= 15 is 0 Å². The standard InChI is InChI=1S/C17H25ClN2O2/c1-3-16(14-4-6-15(18)7-5-14)19-17(22)20-10-8-13(9-11-20)12(2)21/h4-7,12-13,16,21H,3,8-11H2,1-2H3,(H,19,22). The smallest absolute Gasteiger partial charge is 0.317 e. The molecule has 1 fully saturated rings. The molecule has 22 heavy (non-hydrogen) atoms. The number of nitrogens with zero attached hydrogens (tertiary/aromatic N) is 1. The van der Waals surface area contributed by atoms with Gasteiger partial charge in [0.05, 0.1) is 12.1 Å². The van der Waals surface area contributed by atoms with E-state index in [4.69, 9.17) is 11.6 Å². The second-order valence-corrected chi connectivity index (χ2v) is 6.46. The van der Waals surface area contributed by atoms with E-state index in [1.54, 1.807) is 0 Å². The molecular formula is C17H25ClN2O2. The molecule has 0 bridgehead atoms. The monoisotopic (exact) mass is 324 g/mol. The summed E-state index contributed by atoms with van der Waals surface area (Å²) in [6, 6.07) is 7.58. The van der Waals surface area contributed by atoms with Gasteiger partial charge >= 0.3 is 6.03 Å². The molecule has 0 radical (unpaired) electrons. The van der Waals surface area contributed by atoms with E-state index in [-0.39, 0.29) is 18.2 Å². The van der Waals surface area contributed by atoms with Crippen molar-refractivity contribution in [3.8, 4) is 0 Å². The fraction of sp³-hybridized carbons (Fsp3) is 0.588. The van der Waals surface area contributed by atoms with Crippen LogP contribution in [0, 0.1) is 5.92 Å². The maximum Gasteiger partial charge on any atom is 0.317 e. The summed E-state index contributed by atoms with van der Waals surface area (Å²) in [5, 5.41) is 13.4. The number of amides is 2. The number of hydrogen-bond acceptors (Lipinski definition) is 2. The Morgan fingerprint density at radius 3 is 2.45 bits per heavy atom. The number of nitrogens with one attached hydrogen (secondary N) is 1. The van der Waals surface area contributed by atoms with E-state index in [1.165, 1.54) is 0 Å². The number of halogens is 1. The van der Waals surface area contributed by atoms with Crippen LogP contribution in [-0.4, -0.2) is 35.2 Å².